The molecule has 3 aromatic rings. The number of esters is 1. The Balaban J connectivity index is 2.07. The molecule has 0 spiro atoms. The predicted octanol–water partition coefficient (Wildman–Crippen LogP) is 5.43. The van der Waals surface area contributed by atoms with E-state index in [-0.39, 0.29) is 16.7 Å². The highest BCUT2D eigenvalue weighted by Gasteiger charge is 2.37. The average Bonchev–Trinajstić information content (AvgIpc) is 2.81. The minimum absolute atomic E-state index is 0.0232. The van der Waals surface area contributed by atoms with Crippen molar-refractivity contribution in [2.45, 2.75) is 18.4 Å². The summed E-state index contributed by atoms with van der Waals surface area (Å²) < 4.78 is 84.4. The number of ether oxygens (including phenoxy) is 1. The molecule has 34 heavy (non-hydrogen) atoms. The Labute approximate surface area is 189 Å². The molecule has 2 aromatic carbocycles. The first kappa shape index (κ1) is 24.7. The van der Waals surface area contributed by atoms with E-state index in [4.69, 9.17) is 0 Å². The molecule has 11 heteroatoms. The fourth-order valence-electron chi connectivity index (χ4n) is 3.18. The van der Waals surface area contributed by atoms with E-state index in [1.54, 1.807) is 0 Å². The van der Waals surface area contributed by atoms with Crippen molar-refractivity contribution in [3.63, 3.8) is 0 Å². The number of alkyl halides is 6. The van der Waals surface area contributed by atoms with Crippen molar-refractivity contribution in [2.24, 2.45) is 0 Å². The van der Waals surface area contributed by atoms with Gasteiger partial charge in [0.15, 0.2) is 0 Å². The largest absolute Gasteiger partial charge is 0.465 e. The quantitative estimate of drug-likeness (QED) is 0.389. The van der Waals surface area contributed by atoms with Crippen LogP contribution < -0.4 is 5.32 Å². The summed E-state index contributed by atoms with van der Waals surface area (Å²) in [6, 6.07) is 8.82. The van der Waals surface area contributed by atoms with E-state index in [9.17, 15) is 35.9 Å². The number of rotatable bonds is 5. The highest BCUT2D eigenvalue weighted by Crippen LogP contribution is 2.36. The van der Waals surface area contributed by atoms with E-state index in [0.29, 0.717) is 12.1 Å². The summed E-state index contributed by atoms with van der Waals surface area (Å²) in [6.07, 6.45) is -8.43. The van der Waals surface area contributed by atoms with Crippen LogP contribution in [0.15, 0.2) is 66.9 Å². The van der Waals surface area contributed by atoms with E-state index >= 15 is 0 Å². The molecule has 1 N–H and O–H groups in total. The van der Waals surface area contributed by atoms with Gasteiger partial charge in [0.05, 0.1) is 35.5 Å². The van der Waals surface area contributed by atoms with Crippen LogP contribution in [0.5, 0.6) is 0 Å². The summed E-state index contributed by atoms with van der Waals surface area (Å²) in [7, 11) is 1.13. The normalized spacial score (nSPS) is 12.7. The molecule has 3 rings (SSSR count). The summed E-state index contributed by atoms with van der Waals surface area (Å²) in [5.74, 6) is -1.62. The van der Waals surface area contributed by atoms with Gasteiger partial charge in [0, 0.05) is 11.8 Å². The maximum absolute atomic E-state index is 13.6. The molecule has 0 aliphatic heterocycles. The fourth-order valence-corrected chi connectivity index (χ4v) is 3.18. The van der Waals surface area contributed by atoms with E-state index < -0.39 is 47.1 Å². The number of methoxy groups -OCH3 is 1. The van der Waals surface area contributed by atoms with Crippen molar-refractivity contribution in [1.29, 1.82) is 0 Å². The SMILES string of the molecule is COC(=O)c1cccc(C(=O)N[C@@H](c2ccc(C(F)(F)F)cc2)c2ncccc2C(F)(F)F)c1. The molecule has 0 unspecified atom stereocenters. The number of hydrogen-bond acceptors (Lipinski definition) is 4. The van der Waals surface area contributed by atoms with Crippen molar-refractivity contribution >= 4 is 11.9 Å². The maximum Gasteiger partial charge on any atom is 0.418 e. The number of pyridine rings is 1. The van der Waals surface area contributed by atoms with Gasteiger partial charge in [-0.2, -0.15) is 26.3 Å². The summed E-state index contributed by atoms with van der Waals surface area (Å²) in [5, 5.41) is 2.39. The molecule has 5 nitrogen and oxygen atoms in total. The van der Waals surface area contributed by atoms with Crippen molar-refractivity contribution in [1.82, 2.24) is 10.3 Å². The number of carbonyl (C=O) groups excluding carboxylic acids is 2. The van der Waals surface area contributed by atoms with Crippen LogP contribution in [0.1, 0.15) is 49.1 Å². The third-order valence-electron chi connectivity index (χ3n) is 4.81. The zero-order valence-corrected chi connectivity index (χ0v) is 17.4. The van der Waals surface area contributed by atoms with E-state index in [1.165, 1.54) is 24.3 Å². The van der Waals surface area contributed by atoms with Gasteiger partial charge >= 0.3 is 18.3 Å². The summed E-state index contributed by atoms with van der Waals surface area (Å²) in [5.41, 5.74) is -2.89. The molecule has 0 aliphatic rings. The summed E-state index contributed by atoms with van der Waals surface area (Å²) >= 11 is 0. The second-order valence-electron chi connectivity index (χ2n) is 7.03. The number of nitrogens with zero attached hydrogens (tertiary/aromatic N) is 1. The number of carbonyl (C=O) groups is 2. The molecule has 0 fully saturated rings. The van der Waals surface area contributed by atoms with Gasteiger partial charge in [-0.1, -0.05) is 18.2 Å². The number of benzene rings is 2. The van der Waals surface area contributed by atoms with Crippen LogP contribution in [-0.2, 0) is 17.1 Å². The summed E-state index contributed by atoms with van der Waals surface area (Å²) in [6.45, 7) is 0. The monoisotopic (exact) mass is 482 g/mol. The number of amides is 1. The van der Waals surface area contributed by atoms with E-state index in [0.717, 1.165) is 37.6 Å². The zero-order chi connectivity index (χ0) is 25.1. The van der Waals surface area contributed by atoms with Crippen molar-refractivity contribution < 1.29 is 40.7 Å². The average molecular weight is 482 g/mol. The van der Waals surface area contributed by atoms with Gasteiger partial charge in [-0.3, -0.25) is 9.78 Å². The van der Waals surface area contributed by atoms with E-state index in [1.807, 2.05) is 0 Å². The Morgan fingerprint density at radius 1 is 0.882 bits per heavy atom. The van der Waals surface area contributed by atoms with Crippen LogP contribution in [0.25, 0.3) is 0 Å². The molecule has 0 saturated carbocycles. The molecule has 0 saturated heterocycles. The van der Waals surface area contributed by atoms with Crippen LogP contribution in [-0.4, -0.2) is 24.0 Å². The molecule has 1 aromatic heterocycles. The predicted molar refractivity (Wildman–Crippen MR) is 108 cm³/mol. The van der Waals surface area contributed by atoms with Gasteiger partial charge in [0.1, 0.15) is 0 Å². The Morgan fingerprint density at radius 2 is 1.53 bits per heavy atom. The van der Waals surface area contributed by atoms with Gasteiger partial charge in [0.2, 0.25) is 0 Å². The molecule has 0 radical (unpaired) electrons. The van der Waals surface area contributed by atoms with Gasteiger partial charge in [-0.15, -0.1) is 0 Å². The molecule has 1 atom stereocenters. The second-order valence-corrected chi connectivity index (χ2v) is 7.03. The highest BCUT2D eigenvalue weighted by molar-refractivity contribution is 5.98. The Morgan fingerprint density at radius 3 is 2.12 bits per heavy atom. The molecule has 178 valence electrons. The lowest BCUT2D eigenvalue weighted by molar-refractivity contribution is -0.139. The number of hydrogen-bond donors (Lipinski definition) is 1. The van der Waals surface area contributed by atoms with Gasteiger partial charge in [-0.05, 0) is 48.0 Å². The Bertz CT molecular complexity index is 1190. The lowest BCUT2D eigenvalue weighted by atomic mass is 9.97. The van der Waals surface area contributed by atoms with Crippen LogP contribution in [0.4, 0.5) is 26.3 Å². The van der Waals surface area contributed by atoms with Crippen molar-refractivity contribution in [3.8, 4) is 0 Å². The smallest absolute Gasteiger partial charge is 0.418 e. The minimum atomic E-state index is -4.84. The fraction of sp³-hybridized carbons (Fsp3) is 0.174. The summed E-state index contributed by atoms with van der Waals surface area (Å²) in [4.78, 5) is 28.4. The molecule has 1 heterocycles. The molecule has 0 aliphatic carbocycles. The van der Waals surface area contributed by atoms with Crippen LogP contribution in [0.3, 0.4) is 0 Å². The third-order valence-corrected chi connectivity index (χ3v) is 4.81. The van der Waals surface area contributed by atoms with Crippen LogP contribution in [0, 0.1) is 0 Å². The zero-order valence-electron chi connectivity index (χ0n) is 17.4. The standard InChI is InChI=1S/C23H16F6N2O3/c1-34-21(33)15-5-2-4-14(12-15)20(32)31-18(13-7-9-16(10-8-13)22(24,25)26)19-17(23(27,28)29)6-3-11-30-19/h2-12,18H,1H3,(H,31,32)/t18-/m0/s1. The first-order valence-corrected chi connectivity index (χ1v) is 9.60. The highest BCUT2D eigenvalue weighted by atomic mass is 19.4. The molecule has 1 amide bonds. The maximum atomic E-state index is 13.6. The van der Waals surface area contributed by atoms with Gasteiger partial charge in [0.25, 0.3) is 5.91 Å². The van der Waals surface area contributed by atoms with Gasteiger partial charge in [-0.25, -0.2) is 4.79 Å². The van der Waals surface area contributed by atoms with Gasteiger partial charge < -0.3 is 10.1 Å². The molecule has 0 bridgehead atoms. The van der Waals surface area contributed by atoms with Crippen LogP contribution in [0.2, 0.25) is 0 Å². The minimum Gasteiger partial charge on any atom is -0.465 e. The number of nitrogens with one attached hydrogen (secondary N) is 1. The first-order valence-electron chi connectivity index (χ1n) is 9.60. The number of aromatic nitrogens is 1. The van der Waals surface area contributed by atoms with Crippen LogP contribution >= 0.6 is 0 Å². The number of halogens is 6. The lowest BCUT2D eigenvalue weighted by Crippen LogP contribution is -2.32. The third kappa shape index (κ3) is 5.53. The molecular formula is C23H16F6N2O3. The Kier molecular flexibility index (Phi) is 6.94. The molecular weight excluding hydrogens is 466 g/mol. The lowest BCUT2D eigenvalue weighted by Gasteiger charge is -2.23. The van der Waals surface area contributed by atoms with Crippen molar-refractivity contribution in [2.75, 3.05) is 7.11 Å². The van der Waals surface area contributed by atoms with E-state index in [2.05, 4.69) is 15.0 Å². The topological polar surface area (TPSA) is 68.3 Å². The Hall–Kier alpha value is -3.89. The van der Waals surface area contributed by atoms with Crippen molar-refractivity contribution in [3.05, 3.63) is 100 Å². The second kappa shape index (κ2) is 9.54. The first-order chi connectivity index (χ1) is 15.9.